The minimum atomic E-state index is -3.92. The molecule has 2 aromatic carbocycles. The smallest absolute Gasteiger partial charge is 0.251 e. The predicted molar refractivity (Wildman–Crippen MR) is 87.3 cm³/mol. The van der Waals surface area contributed by atoms with Crippen LogP contribution in [0, 0.1) is 11.6 Å². The first-order valence-corrected chi connectivity index (χ1v) is 9.14. The number of nitrogens with zero attached hydrogens (tertiary/aromatic N) is 1. The number of carbonyl (C=O) groups excluding carboxylic acids is 1. The van der Waals surface area contributed by atoms with Gasteiger partial charge in [-0.25, -0.2) is 17.2 Å². The number of carbonyl (C=O) groups is 1. The molecule has 0 spiro atoms. The Morgan fingerprint density at radius 1 is 1.08 bits per heavy atom. The normalized spacial score (nSPS) is 14.8. The number of hydrogen-bond acceptors (Lipinski definition) is 3. The molecule has 25 heavy (non-hydrogen) atoms. The van der Waals surface area contributed by atoms with Crippen LogP contribution in [0.4, 0.5) is 8.78 Å². The first-order chi connectivity index (χ1) is 11.9. The summed E-state index contributed by atoms with van der Waals surface area (Å²) < 4.78 is 52.7. The third-order valence-electron chi connectivity index (χ3n) is 3.99. The van der Waals surface area contributed by atoms with Crippen LogP contribution in [0.2, 0.25) is 0 Å². The molecule has 8 heteroatoms. The summed E-state index contributed by atoms with van der Waals surface area (Å²) in [6.07, 6.45) is 0.735. The molecule has 1 N–H and O–H groups in total. The summed E-state index contributed by atoms with van der Waals surface area (Å²) in [5, 5.41) is 2.60. The molecule has 0 unspecified atom stereocenters. The molecular formula is C17H16F2N2O3S. The lowest BCUT2D eigenvalue weighted by Crippen LogP contribution is -2.42. The molecule has 0 saturated carbocycles. The number of sulfonamides is 1. The highest BCUT2D eigenvalue weighted by Crippen LogP contribution is 2.24. The van der Waals surface area contributed by atoms with Crippen LogP contribution < -0.4 is 5.32 Å². The fourth-order valence-electron chi connectivity index (χ4n) is 2.40. The van der Waals surface area contributed by atoms with Crippen molar-refractivity contribution in [3.63, 3.8) is 0 Å². The average molecular weight is 366 g/mol. The Morgan fingerprint density at radius 2 is 1.76 bits per heavy atom. The molecule has 1 heterocycles. The van der Waals surface area contributed by atoms with Gasteiger partial charge < -0.3 is 5.32 Å². The van der Waals surface area contributed by atoms with Crippen molar-refractivity contribution in [3.8, 4) is 0 Å². The summed E-state index contributed by atoms with van der Waals surface area (Å²) in [6.45, 7) is 0.843. The van der Waals surface area contributed by atoms with Crippen molar-refractivity contribution < 1.29 is 22.0 Å². The molecule has 1 amide bonds. The van der Waals surface area contributed by atoms with E-state index in [1.807, 2.05) is 0 Å². The highest BCUT2D eigenvalue weighted by Gasteiger charge is 2.32. The molecule has 5 nitrogen and oxygen atoms in total. The predicted octanol–water partition coefficient (Wildman–Crippen LogP) is 2.29. The molecule has 1 fully saturated rings. The van der Waals surface area contributed by atoms with E-state index in [9.17, 15) is 22.0 Å². The Labute approximate surface area is 144 Å². The van der Waals surface area contributed by atoms with Gasteiger partial charge in [0.15, 0.2) is 0 Å². The second-order valence-electron chi connectivity index (χ2n) is 5.71. The zero-order chi connectivity index (χ0) is 18.0. The van der Waals surface area contributed by atoms with Gasteiger partial charge in [-0.1, -0.05) is 12.1 Å². The van der Waals surface area contributed by atoms with Gasteiger partial charge in [0.2, 0.25) is 10.0 Å². The van der Waals surface area contributed by atoms with Gasteiger partial charge in [0.1, 0.15) is 16.5 Å². The highest BCUT2D eigenvalue weighted by molar-refractivity contribution is 7.89. The Balaban J connectivity index is 1.77. The molecule has 1 aliphatic rings. The highest BCUT2D eigenvalue weighted by atomic mass is 32.2. The van der Waals surface area contributed by atoms with Crippen molar-refractivity contribution >= 4 is 15.9 Å². The minimum absolute atomic E-state index is 0.0441. The summed E-state index contributed by atoms with van der Waals surface area (Å²) in [4.78, 5) is 11.7. The lowest BCUT2D eigenvalue weighted by Gasteiger charge is -2.29. The quantitative estimate of drug-likeness (QED) is 0.883. The first kappa shape index (κ1) is 17.5. The molecule has 0 bridgehead atoms. The van der Waals surface area contributed by atoms with Crippen molar-refractivity contribution in [2.24, 2.45) is 0 Å². The van der Waals surface area contributed by atoms with E-state index in [0.717, 1.165) is 18.6 Å². The van der Waals surface area contributed by atoms with E-state index in [1.165, 1.54) is 34.6 Å². The zero-order valence-corrected chi connectivity index (χ0v) is 14.0. The third kappa shape index (κ3) is 3.69. The SMILES string of the molecule is O=C(NCc1ccc(F)cc1)c1ccc(F)c(S(=O)(=O)N2CCC2)c1. The summed E-state index contributed by atoms with van der Waals surface area (Å²) in [7, 11) is -3.92. The van der Waals surface area contributed by atoms with Gasteiger partial charge in [0.05, 0.1) is 0 Å². The van der Waals surface area contributed by atoms with Gasteiger partial charge >= 0.3 is 0 Å². The van der Waals surface area contributed by atoms with Crippen molar-refractivity contribution in [2.45, 2.75) is 17.9 Å². The number of rotatable bonds is 5. The molecule has 1 saturated heterocycles. The standard InChI is InChI=1S/C17H16F2N2O3S/c18-14-5-2-12(3-6-14)11-20-17(22)13-4-7-15(19)16(10-13)25(23,24)21-8-1-9-21/h2-7,10H,1,8-9,11H2,(H,20,22). The second kappa shape index (κ2) is 6.89. The number of benzene rings is 2. The fraction of sp³-hybridized carbons (Fsp3) is 0.235. The van der Waals surface area contributed by atoms with Crippen LogP contribution in [-0.4, -0.2) is 31.7 Å². The van der Waals surface area contributed by atoms with Crippen LogP contribution in [0.15, 0.2) is 47.4 Å². The zero-order valence-electron chi connectivity index (χ0n) is 13.2. The van der Waals surface area contributed by atoms with Gasteiger partial charge in [-0.2, -0.15) is 4.31 Å². The summed E-state index contributed by atoms with van der Waals surface area (Å²) >= 11 is 0. The molecule has 132 valence electrons. The summed E-state index contributed by atoms with van der Waals surface area (Å²) in [6, 6.07) is 8.85. The van der Waals surface area contributed by atoms with Gasteiger partial charge in [0.25, 0.3) is 5.91 Å². The maximum Gasteiger partial charge on any atom is 0.251 e. The van der Waals surface area contributed by atoms with Crippen LogP contribution in [0.3, 0.4) is 0 Å². The molecular weight excluding hydrogens is 350 g/mol. The molecule has 3 rings (SSSR count). The van der Waals surface area contributed by atoms with Crippen LogP contribution in [0.5, 0.6) is 0 Å². The van der Waals surface area contributed by atoms with Gasteiger partial charge in [-0.3, -0.25) is 4.79 Å². The van der Waals surface area contributed by atoms with E-state index in [-0.39, 0.29) is 17.9 Å². The molecule has 2 aromatic rings. The van der Waals surface area contributed by atoms with Gasteiger partial charge in [0, 0.05) is 25.2 Å². The maximum atomic E-state index is 14.0. The van der Waals surface area contributed by atoms with Crippen LogP contribution in [0.25, 0.3) is 0 Å². The maximum absolute atomic E-state index is 14.0. The topological polar surface area (TPSA) is 66.5 Å². The number of amides is 1. The van der Waals surface area contributed by atoms with Crippen LogP contribution >= 0.6 is 0 Å². The van der Waals surface area contributed by atoms with E-state index in [0.29, 0.717) is 18.7 Å². The average Bonchev–Trinajstić information content (AvgIpc) is 2.52. The van der Waals surface area contributed by atoms with Crippen molar-refractivity contribution in [1.82, 2.24) is 9.62 Å². The van der Waals surface area contributed by atoms with Crippen molar-refractivity contribution in [3.05, 3.63) is 65.2 Å². The lowest BCUT2D eigenvalue weighted by molar-refractivity contribution is 0.0950. The Bertz CT molecular complexity index is 895. The van der Waals surface area contributed by atoms with E-state index in [1.54, 1.807) is 0 Å². The lowest BCUT2D eigenvalue weighted by atomic mass is 10.2. The largest absolute Gasteiger partial charge is 0.348 e. The van der Waals surface area contributed by atoms with Crippen molar-refractivity contribution in [2.75, 3.05) is 13.1 Å². The van der Waals surface area contributed by atoms with Crippen LogP contribution in [0.1, 0.15) is 22.3 Å². The van der Waals surface area contributed by atoms with E-state index >= 15 is 0 Å². The molecule has 0 atom stereocenters. The molecule has 1 aliphatic heterocycles. The number of hydrogen-bond donors (Lipinski definition) is 1. The second-order valence-corrected chi connectivity index (χ2v) is 7.62. The van der Waals surface area contributed by atoms with E-state index in [4.69, 9.17) is 0 Å². The minimum Gasteiger partial charge on any atom is -0.348 e. The van der Waals surface area contributed by atoms with E-state index in [2.05, 4.69) is 5.32 Å². The molecule has 0 aromatic heterocycles. The third-order valence-corrected chi connectivity index (χ3v) is 5.91. The number of nitrogens with one attached hydrogen (secondary N) is 1. The molecule has 0 aliphatic carbocycles. The van der Waals surface area contributed by atoms with Gasteiger partial charge in [-0.15, -0.1) is 0 Å². The monoisotopic (exact) mass is 366 g/mol. The summed E-state index contributed by atoms with van der Waals surface area (Å²) in [5.41, 5.74) is 0.730. The fourth-order valence-corrected chi connectivity index (χ4v) is 4.00. The van der Waals surface area contributed by atoms with Gasteiger partial charge in [-0.05, 0) is 42.3 Å². The first-order valence-electron chi connectivity index (χ1n) is 7.70. The Morgan fingerprint density at radius 3 is 2.36 bits per heavy atom. The number of halogens is 2. The Hall–Kier alpha value is -2.32. The van der Waals surface area contributed by atoms with E-state index < -0.39 is 26.6 Å². The Kier molecular flexibility index (Phi) is 4.82. The molecule has 0 radical (unpaired) electrons. The summed E-state index contributed by atoms with van der Waals surface area (Å²) in [5.74, 6) is -1.80. The van der Waals surface area contributed by atoms with Crippen LogP contribution in [-0.2, 0) is 16.6 Å². The van der Waals surface area contributed by atoms with Crippen molar-refractivity contribution in [1.29, 1.82) is 0 Å².